The second-order valence-corrected chi connectivity index (χ2v) is 7.79. The van der Waals surface area contributed by atoms with Crippen molar-refractivity contribution in [3.05, 3.63) is 35.4 Å². The highest BCUT2D eigenvalue weighted by Crippen LogP contribution is 2.36. The van der Waals surface area contributed by atoms with Crippen molar-refractivity contribution in [3.8, 4) is 0 Å². The normalized spacial score (nSPS) is 26.9. The Morgan fingerprint density at radius 3 is 2.90 bits per heavy atom. The Kier molecular flexibility index (Phi) is 3.84. The topological polar surface area (TPSA) is 49.4 Å². The van der Waals surface area contributed by atoms with Gasteiger partial charge >= 0.3 is 0 Å². The standard InChI is InChI=1S/C15H22N2O2S/c1-2-20(18,19)16-13-8-10-17-9-7-12-5-3-4-6-14(12)15(17)11-13/h3-6,13,15-16H,2,7-11H2,1H3. The molecular weight excluding hydrogens is 272 g/mol. The van der Waals surface area contributed by atoms with E-state index < -0.39 is 10.0 Å². The number of sulfonamides is 1. The second kappa shape index (κ2) is 5.47. The third kappa shape index (κ3) is 2.75. The summed E-state index contributed by atoms with van der Waals surface area (Å²) in [5.41, 5.74) is 2.81. The molecule has 1 aromatic rings. The molecule has 1 aromatic carbocycles. The maximum atomic E-state index is 11.7. The Balaban J connectivity index is 1.79. The minimum Gasteiger partial charge on any atom is -0.296 e. The summed E-state index contributed by atoms with van der Waals surface area (Å²) < 4.78 is 26.4. The first-order valence-electron chi connectivity index (χ1n) is 7.41. The zero-order valence-corrected chi connectivity index (χ0v) is 12.7. The van der Waals surface area contributed by atoms with Crippen LogP contribution < -0.4 is 4.72 Å². The van der Waals surface area contributed by atoms with Crippen LogP contribution >= 0.6 is 0 Å². The summed E-state index contributed by atoms with van der Waals surface area (Å²) in [7, 11) is -3.10. The number of rotatable bonds is 3. The van der Waals surface area contributed by atoms with E-state index in [1.807, 2.05) is 0 Å². The Labute approximate surface area is 121 Å². The van der Waals surface area contributed by atoms with E-state index in [2.05, 4.69) is 33.9 Å². The fourth-order valence-corrected chi connectivity index (χ4v) is 4.29. The van der Waals surface area contributed by atoms with Gasteiger partial charge in [0.25, 0.3) is 0 Å². The van der Waals surface area contributed by atoms with Gasteiger partial charge in [-0.15, -0.1) is 0 Å². The summed E-state index contributed by atoms with van der Waals surface area (Å²) in [6.07, 6.45) is 2.91. The van der Waals surface area contributed by atoms with Gasteiger partial charge in [0.05, 0.1) is 5.75 Å². The molecule has 1 N–H and O–H groups in total. The van der Waals surface area contributed by atoms with Crippen LogP contribution in [0.3, 0.4) is 0 Å². The zero-order valence-electron chi connectivity index (χ0n) is 11.9. The Hall–Kier alpha value is -0.910. The molecule has 1 saturated heterocycles. The van der Waals surface area contributed by atoms with Crippen LogP contribution in [0.15, 0.2) is 24.3 Å². The van der Waals surface area contributed by atoms with Gasteiger partial charge in [0.2, 0.25) is 10.0 Å². The zero-order chi connectivity index (χ0) is 14.2. The molecule has 2 aliphatic rings. The minimum absolute atomic E-state index is 0.0763. The molecule has 2 unspecified atom stereocenters. The Morgan fingerprint density at radius 2 is 2.10 bits per heavy atom. The first-order chi connectivity index (χ1) is 9.59. The van der Waals surface area contributed by atoms with Crippen LogP contribution in [-0.2, 0) is 16.4 Å². The van der Waals surface area contributed by atoms with Crippen molar-refractivity contribution in [2.24, 2.45) is 0 Å². The van der Waals surface area contributed by atoms with Gasteiger partial charge in [0.15, 0.2) is 0 Å². The molecule has 1 fully saturated rings. The van der Waals surface area contributed by atoms with Crippen LogP contribution in [-0.4, -0.2) is 38.2 Å². The Bertz CT molecular complexity index is 585. The number of nitrogens with one attached hydrogen (secondary N) is 1. The monoisotopic (exact) mass is 294 g/mol. The first kappa shape index (κ1) is 14.0. The fourth-order valence-electron chi connectivity index (χ4n) is 3.40. The van der Waals surface area contributed by atoms with Crippen molar-refractivity contribution in [1.82, 2.24) is 9.62 Å². The van der Waals surface area contributed by atoms with E-state index in [9.17, 15) is 8.42 Å². The third-order valence-corrected chi connectivity index (χ3v) is 5.97. The molecule has 0 spiro atoms. The van der Waals surface area contributed by atoms with Crippen molar-refractivity contribution in [2.45, 2.75) is 38.3 Å². The average Bonchev–Trinajstić information content (AvgIpc) is 2.47. The molecule has 0 radical (unpaired) electrons. The smallest absolute Gasteiger partial charge is 0.211 e. The summed E-state index contributed by atoms with van der Waals surface area (Å²) in [4.78, 5) is 2.50. The van der Waals surface area contributed by atoms with Gasteiger partial charge in [-0.1, -0.05) is 24.3 Å². The molecule has 3 rings (SSSR count). The highest BCUT2D eigenvalue weighted by atomic mass is 32.2. The summed E-state index contributed by atoms with van der Waals surface area (Å²) in [6.45, 7) is 3.76. The lowest BCUT2D eigenvalue weighted by atomic mass is 9.85. The number of piperidine rings is 1. The molecule has 2 atom stereocenters. The van der Waals surface area contributed by atoms with Gasteiger partial charge < -0.3 is 0 Å². The van der Waals surface area contributed by atoms with E-state index >= 15 is 0 Å². The van der Waals surface area contributed by atoms with Gasteiger partial charge in [-0.3, -0.25) is 4.90 Å². The van der Waals surface area contributed by atoms with Crippen LogP contribution in [0.25, 0.3) is 0 Å². The van der Waals surface area contributed by atoms with E-state index in [0.29, 0.717) is 6.04 Å². The number of nitrogens with zero attached hydrogens (tertiary/aromatic N) is 1. The largest absolute Gasteiger partial charge is 0.296 e. The van der Waals surface area contributed by atoms with Crippen LogP contribution in [0, 0.1) is 0 Å². The number of hydrogen-bond acceptors (Lipinski definition) is 3. The maximum absolute atomic E-state index is 11.7. The molecule has 4 nitrogen and oxygen atoms in total. The van der Waals surface area contributed by atoms with Gasteiger partial charge in [-0.25, -0.2) is 13.1 Å². The number of fused-ring (bicyclic) bond motifs is 3. The summed E-state index contributed by atoms with van der Waals surface area (Å²) in [5.74, 6) is 0.161. The van der Waals surface area contributed by atoms with E-state index in [-0.39, 0.29) is 11.8 Å². The van der Waals surface area contributed by atoms with Gasteiger partial charge in [0, 0.05) is 25.2 Å². The van der Waals surface area contributed by atoms with Crippen LogP contribution in [0.2, 0.25) is 0 Å². The molecule has 20 heavy (non-hydrogen) atoms. The van der Waals surface area contributed by atoms with Crippen LogP contribution in [0.1, 0.15) is 36.9 Å². The third-order valence-electron chi connectivity index (χ3n) is 4.52. The molecule has 2 aliphatic heterocycles. The fraction of sp³-hybridized carbons (Fsp3) is 0.600. The van der Waals surface area contributed by atoms with E-state index in [1.165, 1.54) is 11.1 Å². The molecular formula is C15H22N2O2S. The second-order valence-electron chi connectivity index (χ2n) is 5.74. The maximum Gasteiger partial charge on any atom is 0.211 e. The van der Waals surface area contributed by atoms with Crippen molar-refractivity contribution in [2.75, 3.05) is 18.8 Å². The predicted molar refractivity (Wildman–Crippen MR) is 80.1 cm³/mol. The van der Waals surface area contributed by atoms with Crippen molar-refractivity contribution >= 4 is 10.0 Å². The van der Waals surface area contributed by atoms with Crippen molar-refractivity contribution in [3.63, 3.8) is 0 Å². The molecule has 0 aliphatic carbocycles. The lowest BCUT2D eigenvalue weighted by molar-refractivity contribution is 0.122. The lowest BCUT2D eigenvalue weighted by Gasteiger charge is -2.43. The summed E-state index contributed by atoms with van der Waals surface area (Å²) in [5, 5.41) is 0. The summed E-state index contributed by atoms with van der Waals surface area (Å²) >= 11 is 0. The van der Waals surface area contributed by atoms with E-state index in [1.54, 1.807) is 6.92 Å². The van der Waals surface area contributed by atoms with Gasteiger partial charge in [-0.2, -0.15) is 0 Å². The lowest BCUT2D eigenvalue weighted by Crippen LogP contribution is -2.48. The van der Waals surface area contributed by atoms with Gasteiger partial charge in [-0.05, 0) is 37.3 Å². The van der Waals surface area contributed by atoms with Gasteiger partial charge in [0.1, 0.15) is 0 Å². The van der Waals surface area contributed by atoms with E-state index in [0.717, 1.165) is 32.4 Å². The number of benzene rings is 1. The molecule has 110 valence electrons. The average molecular weight is 294 g/mol. The SMILES string of the molecule is CCS(=O)(=O)NC1CCN2CCc3ccccc3C2C1. The summed E-state index contributed by atoms with van der Waals surface area (Å²) in [6, 6.07) is 9.03. The molecule has 2 heterocycles. The van der Waals surface area contributed by atoms with Crippen LogP contribution in [0.5, 0.6) is 0 Å². The van der Waals surface area contributed by atoms with E-state index in [4.69, 9.17) is 0 Å². The highest BCUT2D eigenvalue weighted by Gasteiger charge is 2.34. The molecule has 0 aromatic heterocycles. The molecule has 5 heteroatoms. The van der Waals surface area contributed by atoms with Crippen molar-refractivity contribution in [1.29, 1.82) is 0 Å². The number of hydrogen-bond donors (Lipinski definition) is 1. The molecule has 0 bridgehead atoms. The Morgan fingerprint density at radius 1 is 1.30 bits per heavy atom. The first-order valence-corrected chi connectivity index (χ1v) is 9.06. The predicted octanol–water partition coefficient (Wildman–Crippen LogP) is 1.69. The highest BCUT2D eigenvalue weighted by molar-refractivity contribution is 7.89. The van der Waals surface area contributed by atoms with Crippen molar-refractivity contribution < 1.29 is 8.42 Å². The molecule has 0 amide bonds. The molecule has 0 saturated carbocycles. The minimum atomic E-state index is -3.10. The quantitative estimate of drug-likeness (QED) is 0.923. The van der Waals surface area contributed by atoms with Crippen LogP contribution in [0.4, 0.5) is 0 Å².